The van der Waals surface area contributed by atoms with Crippen LogP contribution in [0.15, 0.2) is 54.7 Å². The number of carbonyl (C=O) groups excluding carboxylic acids is 1. The summed E-state index contributed by atoms with van der Waals surface area (Å²) in [6.07, 6.45) is 1.50. The predicted molar refractivity (Wildman–Crippen MR) is 84.5 cm³/mol. The molecule has 0 aliphatic rings. The fourth-order valence-corrected chi connectivity index (χ4v) is 2.43. The first-order valence-corrected chi connectivity index (χ1v) is 7.18. The first-order chi connectivity index (χ1) is 10.6. The van der Waals surface area contributed by atoms with Gasteiger partial charge in [-0.05, 0) is 30.3 Å². The summed E-state index contributed by atoms with van der Waals surface area (Å²) in [5.41, 5.74) is 5.35. The average molecular weight is 363 g/mol. The van der Waals surface area contributed by atoms with E-state index in [4.69, 9.17) is 14.6 Å². The largest absolute Gasteiger partial charge is 0.467 e. The Morgan fingerprint density at radius 3 is 2.86 bits per heavy atom. The molecule has 3 aromatic rings. The quantitative estimate of drug-likeness (QED) is 0.746. The molecule has 1 amide bonds. The fourth-order valence-electron chi connectivity index (χ4n) is 2.07. The van der Waals surface area contributed by atoms with Crippen LogP contribution in [0.5, 0.6) is 0 Å². The second-order valence-electron chi connectivity index (χ2n) is 4.57. The summed E-state index contributed by atoms with van der Waals surface area (Å²) >= 11 is 3.28. The van der Waals surface area contributed by atoms with Crippen molar-refractivity contribution in [2.45, 2.75) is 6.54 Å². The molecule has 0 saturated carbocycles. The Bertz CT molecular complexity index is 900. The van der Waals surface area contributed by atoms with Crippen LogP contribution >= 0.6 is 15.9 Å². The molecule has 0 bridgehead atoms. The van der Waals surface area contributed by atoms with Crippen molar-refractivity contribution in [3.8, 4) is 0 Å². The van der Waals surface area contributed by atoms with Crippen LogP contribution in [0.1, 0.15) is 16.1 Å². The predicted octanol–water partition coefficient (Wildman–Crippen LogP) is 2.66. The highest BCUT2D eigenvalue weighted by Crippen LogP contribution is 2.21. The van der Waals surface area contributed by atoms with Gasteiger partial charge < -0.3 is 19.9 Å². The van der Waals surface area contributed by atoms with Gasteiger partial charge in [0.15, 0.2) is 0 Å². The van der Waals surface area contributed by atoms with Crippen LogP contribution in [-0.4, -0.2) is 5.91 Å². The Hall–Kier alpha value is -2.54. The zero-order valence-corrected chi connectivity index (χ0v) is 12.8. The Labute approximate surface area is 133 Å². The summed E-state index contributed by atoms with van der Waals surface area (Å²) in [5, 5.41) is 2.86. The molecule has 0 atom stereocenters. The molecule has 0 spiro atoms. The van der Waals surface area contributed by atoms with Crippen LogP contribution < -0.4 is 16.5 Å². The fraction of sp³-hybridized carbons (Fsp3) is 0.0667. The molecular formula is C15H11BrN2O4. The zero-order chi connectivity index (χ0) is 15.7. The number of amides is 1. The molecule has 0 saturated heterocycles. The smallest absolute Gasteiger partial charge is 0.261 e. The Morgan fingerprint density at radius 1 is 1.32 bits per heavy atom. The van der Waals surface area contributed by atoms with Gasteiger partial charge in [-0.2, -0.15) is 0 Å². The van der Waals surface area contributed by atoms with Crippen molar-refractivity contribution in [1.29, 1.82) is 0 Å². The molecule has 0 aliphatic heterocycles. The van der Waals surface area contributed by atoms with Gasteiger partial charge in [-0.1, -0.05) is 15.9 Å². The number of benzene rings is 1. The van der Waals surface area contributed by atoms with Crippen LogP contribution in [0.25, 0.3) is 11.0 Å². The molecule has 3 rings (SSSR count). The minimum atomic E-state index is -0.607. The standard InChI is InChI=1S/C15H11BrN2O4/c16-8-3-4-11-10(6-8)13(19)12(14(17)22-11)15(20)18-7-9-2-1-5-21-9/h1-6H,7,17H2,(H,18,20). The monoisotopic (exact) mass is 362 g/mol. The molecule has 22 heavy (non-hydrogen) atoms. The molecule has 6 nitrogen and oxygen atoms in total. The summed E-state index contributed by atoms with van der Waals surface area (Å²) in [6, 6.07) is 8.34. The van der Waals surface area contributed by atoms with Crippen LogP contribution in [0, 0.1) is 0 Å². The molecule has 3 N–H and O–H groups in total. The van der Waals surface area contributed by atoms with Crippen molar-refractivity contribution < 1.29 is 13.6 Å². The topological polar surface area (TPSA) is 98.5 Å². The van der Waals surface area contributed by atoms with Crippen molar-refractivity contribution >= 4 is 38.7 Å². The van der Waals surface area contributed by atoms with E-state index in [0.29, 0.717) is 15.8 Å². The summed E-state index contributed by atoms with van der Waals surface area (Å²) in [4.78, 5) is 24.7. The minimum Gasteiger partial charge on any atom is -0.467 e. The van der Waals surface area contributed by atoms with E-state index >= 15 is 0 Å². The number of rotatable bonds is 3. The lowest BCUT2D eigenvalue weighted by molar-refractivity contribution is 0.0946. The summed E-state index contributed by atoms with van der Waals surface area (Å²) in [5.74, 6) is -0.249. The Balaban J connectivity index is 1.99. The molecule has 7 heteroatoms. The van der Waals surface area contributed by atoms with Crippen LogP contribution in [0.4, 0.5) is 5.88 Å². The van der Waals surface area contributed by atoms with E-state index in [0.717, 1.165) is 0 Å². The molecule has 0 aliphatic carbocycles. The molecule has 0 radical (unpaired) electrons. The molecule has 0 unspecified atom stereocenters. The van der Waals surface area contributed by atoms with Crippen molar-refractivity contribution in [3.05, 3.63) is 62.6 Å². The second kappa shape index (κ2) is 5.69. The van der Waals surface area contributed by atoms with E-state index in [-0.39, 0.29) is 23.4 Å². The first kappa shape index (κ1) is 14.4. The lowest BCUT2D eigenvalue weighted by Crippen LogP contribution is -2.29. The van der Waals surface area contributed by atoms with Gasteiger partial charge in [-0.3, -0.25) is 9.59 Å². The number of carbonyl (C=O) groups is 1. The maximum atomic E-state index is 12.5. The molecule has 1 aromatic carbocycles. The number of hydrogen-bond acceptors (Lipinski definition) is 5. The van der Waals surface area contributed by atoms with Gasteiger partial charge in [-0.15, -0.1) is 0 Å². The van der Waals surface area contributed by atoms with Gasteiger partial charge >= 0.3 is 0 Å². The first-order valence-electron chi connectivity index (χ1n) is 6.38. The lowest BCUT2D eigenvalue weighted by atomic mass is 10.1. The number of halogens is 1. The van der Waals surface area contributed by atoms with Crippen molar-refractivity contribution in [2.24, 2.45) is 0 Å². The maximum Gasteiger partial charge on any atom is 0.261 e. The highest BCUT2D eigenvalue weighted by Gasteiger charge is 2.19. The van der Waals surface area contributed by atoms with E-state index in [2.05, 4.69) is 21.2 Å². The summed E-state index contributed by atoms with van der Waals surface area (Å²) in [7, 11) is 0. The van der Waals surface area contributed by atoms with Gasteiger partial charge in [-0.25, -0.2) is 0 Å². The maximum absolute atomic E-state index is 12.5. The lowest BCUT2D eigenvalue weighted by Gasteiger charge is -2.07. The zero-order valence-electron chi connectivity index (χ0n) is 11.3. The number of nitrogen functional groups attached to an aromatic ring is 1. The van der Waals surface area contributed by atoms with Crippen molar-refractivity contribution in [1.82, 2.24) is 5.32 Å². The van der Waals surface area contributed by atoms with E-state index in [9.17, 15) is 9.59 Å². The van der Waals surface area contributed by atoms with Gasteiger partial charge in [0.1, 0.15) is 16.9 Å². The third-order valence-corrected chi connectivity index (χ3v) is 3.60. The number of nitrogens with one attached hydrogen (secondary N) is 1. The van der Waals surface area contributed by atoms with E-state index in [1.165, 1.54) is 6.26 Å². The SMILES string of the molecule is Nc1oc2ccc(Br)cc2c(=O)c1C(=O)NCc1ccco1. The molecule has 2 heterocycles. The Morgan fingerprint density at radius 2 is 2.14 bits per heavy atom. The molecule has 112 valence electrons. The normalized spacial score (nSPS) is 10.8. The molecular weight excluding hydrogens is 352 g/mol. The van der Waals surface area contributed by atoms with Gasteiger partial charge in [0, 0.05) is 4.47 Å². The van der Waals surface area contributed by atoms with Gasteiger partial charge in [0.05, 0.1) is 18.2 Å². The van der Waals surface area contributed by atoms with E-state index < -0.39 is 11.3 Å². The van der Waals surface area contributed by atoms with Crippen LogP contribution in [0.3, 0.4) is 0 Å². The Kier molecular flexibility index (Phi) is 3.72. The second-order valence-corrected chi connectivity index (χ2v) is 5.49. The minimum absolute atomic E-state index is 0.154. The number of fused-ring (bicyclic) bond motifs is 1. The summed E-state index contributed by atoms with van der Waals surface area (Å²) in [6.45, 7) is 0.154. The van der Waals surface area contributed by atoms with Crippen molar-refractivity contribution in [2.75, 3.05) is 5.73 Å². The number of hydrogen-bond donors (Lipinski definition) is 2. The summed E-state index contributed by atoms with van der Waals surface area (Å²) < 4.78 is 11.2. The number of anilines is 1. The molecule has 2 aromatic heterocycles. The third-order valence-electron chi connectivity index (χ3n) is 3.11. The highest BCUT2D eigenvalue weighted by atomic mass is 79.9. The molecule has 0 fully saturated rings. The highest BCUT2D eigenvalue weighted by molar-refractivity contribution is 9.10. The number of furan rings is 1. The number of nitrogens with two attached hydrogens (primary N) is 1. The van der Waals surface area contributed by atoms with Crippen molar-refractivity contribution in [3.63, 3.8) is 0 Å². The average Bonchev–Trinajstić information content (AvgIpc) is 2.99. The van der Waals surface area contributed by atoms with Crippen LogP contribution in [-0.2, 0) is 6.54 Å². The van der Waals surface area contributed by atoms with Gasteiger partial charge in [0.2, 0.25) is 11.3 Å². The van der Waals surface area contributed by atoms with E-state index in [1.54, 1.807) is 30.3 Å². The van der Waals surface area contributed by atoms with E-state index in [1.807, 2.05) is 0 Å². The third kappa shape index (κ3) is 2.62. The van der Waals surface area contributed by atoms with Gasteiger partial charge in [0.25, 0.3) is 5.91 Å². The van der Waals surface area contributed by atoms with Crippen LogP contribution in [0.2, 0.25) is 0 Å².